The summed E-state index contributed by atoms with van der Waals surface area (Å²) in [4.78, 5) is 35.2. The van der Waals surface area contributed by atoms with Crippen LogP contribution in [0.5, 0.6) is 0 Å². The molecule has 0 bridgehead atoms. The van der Waals surface area contributed by atoms with Gasteiger partial charge < -0.3 is 0 Å². The van der Waals surface area contributed by atoms with Crippen LogP contribution < -0.4 is 17.1 Å². The Labute approximate surface area is 94.4 Å². The second-order valence-electron chi connectivity index (χ2n) is 1.74. The van der Waals surface area contributed by atoms with Crippen molar-refractivity contribution in [2.45, 2.75) is 0 Å². The van der Waals surface area contributed by atoms with E-state index in [2.05, 4.69) is 29.6 Å². The molecule has 10 heteroatoms. The van der Waals surface area contributed by atoms with E-state index in [9.17, 15) is 14.4 Å². The van der Waals surface area contributed by atoms with E-state index in [-0.39, 0.29) is 0 Å². The third-order valence-electron chi connectivity index (χ3n) is 1.07. The minimum absolute atomic E-state index is 0.725. The molecule has 0 aliphatic carbocycles. The Hall–Kier alpha value is 0.0700. The lowest BCUT2D eigenvalue weighted by Gasteiger charge is -1.99. The second kappa shape index (κ2) is 4.53. The molecule has 13 heavy (non-hydrogen) atoms. The summed E-state index contributed by atoms with van der Waals surface area (Å²) in [6.45, 7) is 0. The normalized spacial score (nSPS) is 10.3. The van der Waals surface area contributed by atoms with Crippen LogP contribution in [0.3, 0.4) is 0 Å². The maximum Gasteiger partial charge on any atom is 0.358 e. The lowest BCUT2D eigenvalue weighted by atomic mass is 11.0. The zero-order valence-corrected chi connectivity index (χ0v) is 10.5. The predicted octanol–water partition coefficient (Wildman–Crippen LogP) is 0.311. The van der Waals surface area contributed by atoms with Crippen LogP contribution in [0.1, 0.15) is 0 Å². The van der Waals surface area contributed by atoms with Crippen molar-refractivity contribution in [2.75, 3.05) is 0 Å². The number of aromatic amines is 1. The molecule has 0 fully saturated rings. The highest BCUT2D eigenvalue weighted by Gasteiger charge is 2.08. The Morgan fingerprint density at radius 3 is 1.69 bits per heavy atom. The molecule has 1 heterocycles. The van der Waals surface area contributed by atoms with Gasteiger partial charge >= 0.3 is 17.1 Å². The Morgan fingerprint density at radius 2 is 1.38 bits per heavy atom. The summed E-state index contributed by atoms with van der Waals surface area (Å²) >= 11 is 5.73. The van der Waals surface area contributed by atoms with Crippen LogP contribution >= 0.6 is 50.4 Å². The largest absolute Gasteiger partial charge is 0.358 e. The molecule has 1 N–H and O–H groups in total. The minimum atomic E-state index is -0.769. The first kappa shape index (κ1) is 11.1. The van der Waals surface area contributed by atoms with Gasteiger partial charge in [-0.2, -0.15) is 7.94 Å². The van der Waals surface area contributed by atoms with Crippen LogP contribution in [0.15, 0.2) is 14.4 Å². The van der Waals surface area contributed by atoms with E-state index < -0.39 is 17.1 Å². The molecule has 0 unspecified atom stereocenters. The van der Waals surface area contributed by atoms with Crippen molar-refractivity contribution in [3.05, 3.63) is 31.5 Å². The van der Waals surface area contributed by atoms with E-state index in [0.717, 1.165) is 28.7 Å². The van der Waals surface area contributed by atoms with Crippen molar-refractivity contribution in [3.8, 4) is 0 Å². The molecule has 0 radical (unpaired) electrons. The van der Waals surface area contributed by atoms with E-state index in [1.165, 1.54) is 0 Å². The molecule has 72 valence electrons. The number of halogens is 2. The van der Waals surface area contributed by atoms with Gasteiger partial charge in [0.1, 0.15) is 0 Å². The second-order valence-corrected chi connectivity index (χ2v) is 4.49. The van der Waals surface area contributed by atoms with Crippen molar-refractivity contribution < 1.29 is 0 Å². The zero-order chi connectivity index (χ0) is 10.0. The van der Waals surface area contributed by atoms with E-state index >= 15 is 0 Å². The van der Waals surface area contributed by atoms with Gasteiger partial charge in [-0.05, 0) is 0 Å². The number of hydrogen-bond acceptors (Lipinski definition) is 5. The average molecular weight is 351 g/mol. The van der Waals surface area contributed by atoms with Crippen LogP contribution in [0.4, 0.5) is 0 Å². The third-order valence-corrected chi connectivity index (χ3v) is 3.73. The first-order valence-corrected chi connectivity index (χ1v) is 7.91. The van der Waals surface area contributed by atoms with Crippen LogP contribution in [0.2, 0.25) is 0 Å². The van der Waals surface area contributed by atoms with E-state index in [1.807, 2.05) is 4.98 Å². The van der Waals surface area contributed by atoms with Crippen LogP contribution in [0, 0.1) is 0 Å². The zero-order valence-electron chi connectivity index (χ0n) is 5.69. The fourth-order valence-corrected chi connectivity index (χ4v) is 2.65. The molecule has 1 rings (SSSR count). The van der Waals surface area contributed by atoms with Gasteiger partial charge in [0.25, 0.3) is 0 Å². The topological polar surface area (TPSA) is 76.9 Å². The van der Waals surface area contributed by atoms with E-state index in [1.54, 1.807) is 0 Å². The molecular formula is C3HBr2N3O3S2. The SMILES string of the molecule is O=c1[nH]c(=O)n(SBr)c(=O)n1SBr. The number of rotatable bonds is 2. The van der Waals surface area contributed by atoms with Gasteiger partial charge in [-0.25, -0.2) is 14.4 Å². The minimum Gasteiger partial charge on any atom is -0.257 e. The molecule has 0 saturated heterocycles. The van der Waals surface area contributed by atoms with Crippen LogP contribution in [-0.2, 0) is 0 Å². The van der Waals surface area contributed by atoms with E-state index in [0.29, 0.717) is 0 Å². The fraction of sp³-hybridized carbons (Fsp3) is 0. The summed E-state index contributed by atoms with van der Waals surface area (Å²) in [5.74, 6) is 0. The smallest absolute Gasteiger partial charge is 0.257 e. The summed E-state index contributed by atoms with van der Waals surface area (Å²) in [5, 5.41) is 0. The molecular weight excluding hydrogens is 350 g/mol. The molecule has 1 aromatic heterocycles. The quantitative estimate of drug-likeness (QED) is 0.830. The molecule has 0 spiro atoms. The Kier molecular flexibility index (Phi) is 3.88. The lowest BCUT2D eigenvalue weighted by Crippen LogP contribution is -2.44. The Balaban J connectivity index is 3.69. The van der Waals surface area contributed by atoms with Gasteiger partial charge in [0.05, 0.1) is 0 Å². The van der Waals surface area contributed by atoms with Crippen molar-refractivity contribution >= 4 is 50.4 Å². The molecule has 0 aromatic carbocycles. The van der Waals surface area contributed by atoms with E-state index in [4.69, 9.17) is 0 Å². The van der Waals surface area contributed by atoms with Gasteiger partial charge in [0.15, 0.2) is 0 Å². The fourth-order valence-electron chi connectivity index (χ4n) is 0.571. The van der Waals surface area contributed by atoms with Crippen LogP contribution in [0.25, 0.3) is 0 Å². The van der Waals surface area contributed by atoms with Gasteiger partial charge in [0.2, 0.25) is 0 Å². The number of nitrogens with zero attached hydrogens (tertiary/aromatic N) is 2. The molecule has 0 atom stereocenters. The highest BCUT2D eigenvalue weighted by molar-refractivity contribution is 9.50. The maximum absolute atomic E-state index is 11.3. The molecule has 0 aliphatic heterocycles. The number of H-pyrrole nitrogens is 1. The summed E-state index contributed by atoms with van der Waals surface area (Å²) < 4.78 is 1.52. The summed E-state index contributed by atoms with van der Waals surface area (Å²) in [6, 6.07) is 0. The monoisotopic (exact) mass is 349 g/mol. The lowest BCUT2D eigenvalue weighted by molar-refractivity contribution is 0.825. The van der Waals surface area contributed by atoms with Gasteiger partial charge in [-0.3, -0.25) is 4.98 Å². The van der Waals surface area contributed by atoms with Crippen molar-refractivity contribution in [1.29, 1.82) is 0 Å². The summed E-state index contributed by atoms with van der Waals surface area (Å²) in [7, 11) is 1.48. The van der Waals surface area contributed by atoms with Crippen molar-refractivity contribution in [2.24, 2.45) is 0 Å². The first-order valence-electron chi connectivity index (χ1n) is 2.68. The molecule has 6 nitrogen and oxygen atoms in total. The highest BCUT2D eigenvalue weighted by Crippen LogP contribution is 2.09. The van der Waals surface area contributed by atoms with Gasteiger partial charge in [-0.1, -0.05) is 0 Å². The van der Waals surface area contributed by atoms with Gasteiger partial charge in [0, 0.05) is 50.4 Å². The average Bonchev–Trinajstić information content (AvgIpc) is 2.04. The maximum atomic E-state index is 11.3. The summed E-state index contributed by atoms with van der Waals surface area (Å²) in [6.07, 6.45) is 0. The molecule has 0 saturated carbocycles. The van der Waals surface area contributed by atoms with Crippen molar-refractivity contribution in [1.82, 2.24) is 12.9 Å². The molecule has 0 amide bonds. The standard InChI is InChI=1S/C3HBr2N3O3S2/c4-12-7-1(9)6-2(10)8(13-5)3(7)11/h(H,6,9,10). The van der Waals surface area contributed by atoms with Crippen LogP contribution in [-0.4, -0.2) is 12.9 Å². The number of nitrogens with one attached hydrogen (secondary N) is 1. The van der Waals surface area contributed by atoms with Gasteiger partial charge in [-0.15, -0.1) is 0 Å². The molecule has 0 aliphatic rings. The highest BCUT2D eigenvalue weighted by atomic mass is 79.9. The Bertz CT molecular complexity index is 437. The number of hydrogen-bond donors (Lipinski definition) is 1. The van der Waals surface area contributed by atoms with Crippen molar-refractivity contribution in [3.63, 3.8) is 0 Å². The third kappa shape index (κ3) is 2.11. The summed E-state index contributed by atoms with van der Waals surface area (Å²) in [5.41, 5.74) is -2.26. The first-order chi connectivity index (χ1) is 6.11. The molecule has 1 aromatic rings. The Morgan fingerprint density at radius 1 is 1.00 bits per heavy atom. The predicted molar refractivity (Wildman–Crippen MR) is 59.4 cm³/mol. The number of aromatic nitrogens is 3.